The number of amides is 1. The Labute approximate surface area is 170 Å². The van der Waals surface area contributed by atoms with Gasteiger partial charge in [0.2, 0.25) is 0 Å². The first kappa shape index (κ1) is 22.9. The van der Waals surface area contributed by atoms with Gasteiger partial charge in [-0.3, -0.25) is 4.79 Å². The molecule has 1 aliphatic rings. The summed E-state index contributed by atoms with van der Waals surface area (Å²) < 4.78 is 7.73. The average Bonchev–Trinajstić information content (AvgIpc) is 3.21. The molecule has 1 saturated heterocycles. The van der Waals surface area contributed by atoms with E-state index in [9.17, 15) is 4.79 Å². The number of imidazole rings is 1. The zero-order valence-corrected chi connectivity index (χ0v) is 17.4. The number of thioether (sulfide) groups is 1. The zero-order chi connectivity index (χ0) is 17.1. The van der Waals surface area contributed by atoms with Crippen LogP contribution in [-0.2, 0) is 12.8 Å². The highest BCUT2D eigenvalue weighted by atomic mass is 35.5. The Hall–Kier alpha value is -1.15. The Balaban J connectivity index is 0.00000169. The Kier molecular flexibility index (Phi) is 9.03. The summed E-state index contributed by atoms with van der Waals surface area (Å²) in [5.41, 5.74) is 5.86. The number of nitrogens with two attached hydrogens (primary N) is 1. The molecule has 2 aromatic rings. The molecule has 2 N–H and O–H groups in total. The summed E-state index contributed by atoms with van der Waals surface area (Å²) >= 11 is 1.59. The Morgan fingerprint density at radius 1 is 1.42 bits per heavy atom. The number of nitrogens with zero attached hydrogens (tertiary/aromatic N) is 3. The van der Waals surface area contributed by atoms with Crippen molar-refractivity contribution >= 4 is 42.5 Å². The van der Waals surface area contributed by atoms with E-state index in [4.69, 9.17) is 10.2 Å². The molecule has 0 aliphatic carbocycles. The van der Waals surface area contributed by atoms with Crippen molar-refractivity contribution in [2.75, 3.05) is 13.1 Å². The first-order valence-electron chi connectivity index (χ1n) is 8.28. The molecule has 6 nitrogen and oxygen atoms in total. The molecule has 3 heterocycles. The summed E-state index contributed by atoms with van der Waals surface area (Å²) in [5.74, 6) is 2.39. The van der Waals surface area contributed by atoms with E-state index in [1.54, 1.807) is 24.0 Å². The number of carbonyl (C=O) groups is 1. The van der Waals surface area contributed by atoms with E-state index < -0.39 is 0 Å². The van der Waals surface area contributed by atoms with Crippen LogP contribution in [0.5, 0.6) is 0 Å². The molecule has 1 amide bonds. The zero-order valence-electron chi connectivity index (χ0n) is 15.0. The molecule has 146 valence electrons. The minimum absolute atomic E-state index is 0. The van der Waals surface area contributed by atoms with Crippen molar-refractivity contribution in [1.29, 1.82) is 0 Å². The molecular formula is C17H26Cl2N4O2S. The molecule has 0 saturated carbocycles. The van der Waals surface area contributed by atoms with Crippen LogP contribution in [0.3, 0.4) is 0 Å². The van der Waals surface area contributed by atoms with Gasteiger partial charge in [-0.25, -0.2) is 4.98 Å². The number of halogens is 2. The molecule has 0 spiro atoms. The quantitative estimate of drug-likeness (QED) is 0.750. The molecule has 2 unspecified atom stereocenters. The molecule has 0 radical (unpaired) electrons. The molecule has 26 heavy (non-hydrogen) atoms. The molecule has 1 fully saturated rings. The Morgan fingerprint density at radius 2 is 2.19 bits per heavy atom. The predicted molar refractivity (Wildman–Crippen MR) is 108 cm³/mol. The highest BCUT2D eigenvalue weighted by Gasteiger charge is 2.30. The van der Waals surface area contributed by atoms with Crippen LogP contribution in [0.15, 0.2) is 34.1 Å². The van der Waals surface area contributed by atoms with Crippen LogP contribution in [0, 0.1) is 5.92 Å². The van der Waals surface area contributed by atoms with Gasteiger partial charge in [-0.05, 0) is 30.9 Å². The fourth-order valence-corrected chi connectivity index (χ4v) is 3.91. The molecule has 0 bridgehead atoms. The molecule has 2 aromatic heterocycles. The first-order valence-corrected chi connectivity index (χ1v) is 9.27. The normalized spacial score (nSPS) is 19.6. The van der Waals surface area contributed by atoms with Crippen LogP contribution in [-0.4, -0.2) is 39.5 Å². The molecular weight excluding hydrogens is 395 g/mol. The SMILES string of the molecule is CC1CCN(C(=O)c2ccc(CSc3nccn3C)o2)C(CN)C1.Cl.Cl. The maximum Gasteiger partial charge on any atom is 0.289 e. The second kappa shape index (κ2) is 10.3. The fourth-order valence-electron chi connectivity index (χ4n) is 3.08. The van der Waals surface area contributed by atoms with Gasteiger partial charge in [-0.15, -0.1) is 24.8 Å². The topological polar surface area (TPSA) is 77.3 Å². The minimum atomic E-state index is -0.0504. The van der Waals surface area contributed by atoms with Gasteiger partial charge in [0.15, 0.2) is 10.9 Å². The average molecular weight is 421 g/mol. The number of carbonyl (C=O) groups excluding carboxylic acids is 1. The molecule has 0 aromatic carbocycles. The summed E-state index contributed by atoms with van der Waals surface area (Å²) in [4.78, 5) is 18.9. The lowest BCUT2D eigenvalue weighted by atomic mass is 9.92. The standard InChI is InChI=1S/C17H24N4O2S.2ClH/c1-12-5-7-21(13(9-12)10-18)16(22)15-4-3-14(23-15)11-24-17-19-6-8-20(17)2;;/h3-4,6,8,12-13H,5,7,9-11,18H2,1-2H3;2*1H. The van der Waals surface area contributed by atoms with E-state index in [0.29, 0.717) is 24.0 Å². The third-order valence-electron chi connectivity index (χ3n) is 4.50. The number of hydrogen-bond acceptors (Lipinski definition) is 5. The number of aryl methyl sites for hydroxylation is 1. The van der Waals surface area contributed by atoms with Crippen molar-refractivity contribution < 1.29 is 9.21 Å². The first-order chi connectivity index (χ1) is 11.6. The number of rotatable bonds is 5. The third-order valence-corrected chi connectivity index (χ3v) is 5.58. The highest BCUT2D eigenvalue weighted by Crippen LogP contribution is 2.26. The lowest BCUT2D eigenvalue weighted by Crippen LogP contribution is -2.49. The van der Waals surface area contributed by atoms with Gasteiger partial charge in [0, 0.05) is 38.6 Å². The highest BCUT2D eigenvalue weighted by molar-refractivity contribution is 7.98. The van der Waals surface area contributed by atoms with Gasteiger partial charge < -0.3 is 19.6 Å². The Bertz CT molecular complexity index is 707. The van der Waals surface area contributed by atoms with E-state index in [2.05, 4.69) is 11.9 Å². The summed E-state index contributed by atoms with van der Waals surface area (Å²) in [7, 11) is 1.96. The van der Waals surface area contributed by atoms with Crippen molar-refractivity contribution in [3.05, 3.63) is 36.0 Å². The summed E-state index contributed by atoms with van der Waals surface area (Å²) in [5, 5.41) is 0.924. The van der Waals surface area contributed by atoms with Gasteiger partial charge in [-0.2, -0.15) is 0 Å². The van der Waals surface area contributed by atoms with Crippen LogP contribution >= 0.6 is 36.6 Å². The minimum Gasteiger partial charge on any atom is -0.455 e. The van der Waals surface area contributed by atoms with Gasteiger partial charge in [0.25, 0.3) is 5.91 Å². The molecule has 1 aliphatic heterocycles. The van der Waals surface area contributed by atoms with Crippen molar-refractivity contribution in [3.8, 4) is 0 Å². The van der Waals surface area contributed by atoms with E-state index in [1.165, 1.54) is 0 Å². The van der Waals surface area contributed by atoms with Crippen molar-refractivity contribution in [2.45, 2.75) is 36.7 Å². The van der Waals surface area contributed by atoms with Gasteiger partial charge >= 0.3 is 0 Å². The van der Waals surface area contributed by atoms with Crippen LogP contribution in [0.2, 0.25) is 0 Å². The van der Waals surface area contributed by atoms with Crippen LogP contribution in [0.1, 0.15) is 36.1 Å². The van der Waals surface area contributed by atoms with Gasteiger partial charge in [0.1, 0.15) is 5.76 Å². The monoisotopic (exact) mass is 420 g/mol. The van der Waals surface area contributed by atoms with Gasteiger partial charge in [-0.1, -0.05) is 18.7 Å². The van der Waals surface area contributed by atoms with Crippen LogP contribution < -0.4 is 5.73 Å². The van der Waals surface area contributed by atoms with E-state index in [1.807, 2.05) is 28.8 Å². The summed E-state index contributed by atoms with van der Waals surface area (Å²) in [6.07, 6.45) is 5.66. The molecule has 2 atom stereocenters. The van der Waals surface area contributed by atoms with Gasteiger partial charge in [0.05, 0.1) is 5.75 Å². The molecule has 9 heteroatoms. The maximum absolute atomic E-state index is 12.7. The van der Waals surface area contributed by atoms with Crippen molar-refractivity contribution in [2.24, 2.45) is 18.7 Å². The third kappa shape index (κ3) is 5.19. The number of likely N-dealkylation sites (tertiary alicyclic amines) is 1. The van der Waals surface area contributed by atoms with Crippen molar-refractivity contribution in [1.82, 2.24) is 14.5 Å². The lowest BCUT2D eigenvalue weighted by Gasteiger charge is -2.37. The lowest BCUT2D eigenvalue weighted by molar-refractivity contribution is 0.0540. The smallest absolute Gasteiger partial charge is 0.289 e. The van der Waals surface area contributed by atoms with Crippen LogP contribution in [0.25, 0.3) is 0 Å². The van der Waals surface area contributed by atoms with E-state index in [0.717, 1.165) is 30.3 Å². The predicted octanol–water partition coefficient (Wildman–Crippen LogP) is 3.35. The number of furan rings is 1. The summed E-state index contributed by atoms with van der Waals surface area (Å²) in [6, 6.07) is 3.74. The van der Waals surface area contributed by atoms with Crippen LogP contribution in [0.4, 0.5) is 0 Å². The van der Waals surface area contributed by atoms with E-state index in [-0.39, 0.29) is 36.8 Å². The Morgan fingerprint density at radius 3 is 2.85 bits per heavy atom. The van der Waals surface area contributed by atoms with E-state index >= 15 is 0 Å². The number of hydrogen-bond donors (Lipinski definition) is 1. The van der Waals surface area contributed by atoms with Crippen molar-refractivity contribution in [3.63, 3.8) is 0 Å². The second-order valence-corrected chi connectivity index (χ2v) is 7.34. The maximum atomic E-state index is 12.7. The molecule has 3 rings (SSSR count). The fraction of sp³-hybridized carbons (Fsp3) is 0.529. The second-order valence-electron chi connectivity index (χ2n) is 6.39. The largest absolute Gasteiger partial charge is 0.455 e. The number of aromatic nitrogens is 2. The number of piperidine rings is 1. The summed E-state index contributed by atoms with van der Waals surface area (Å²) in [6.45, 7) is 3.46.